The molecule has 1 saturated carbocycles. The molecule has 7 nitrogen and oxygen atoms in total. The van der Waals surface area contributed by atoms with E-state index >= 15 is 0 Å². The Bertz CT molecular complexity index is 960. The zero-order valence-corrected chi connectivity index (χ0v) is 19.7. The standard InChI is InChI=1S/C24H31ClN2O5/c1-14-17(22(29)30-3)10-18(25)21-20(14)31-23(2,32-21)15-4-6-16(7-5-15)27-9-8-24(13-27)11-19(28)26-12-24/h10,15-16H,4-9,11-13H2,1-3H3,(H,26,28). The Kier molecular flexibility index (Phi) is 5.32. The highest BCUT2D eigenvalue weighted by atomic mass is 35.5. The van der Waals surface area contributed by atoms with Gasteiger partial charge in [-0.15, -0.1) is 0 Å². The van der Waals surface area contributed by atoms with Crippen LogP contribution < -0.4 is 14.8 Å². The summed E-state index contributed by atoms with van der Waals surface area (Å²) in [7, 11) is 1.35. The van der Waals surface area contributed by atoms with Crippen LogP contribution in [0.2, 0.25) is 5.02 Å². The van der Waals surface area contributed by atoms with E-state index in [1.807, 2.05) is 13.8 Å². The van der Waals surface area contributed by atoms with Crippen LogP contribution in [0.3, 0.4) is 0 Å². The van der Waals surface area contributed by atoms with Gasteiger partial charge in [0.2, 0.25) is 5.91 Å². The molecule has 3 heterocycles. The summed E-state index contributed by atoms with van der Waals surface area (Å²) in [6.45, 7) is 6.72. The van der Waals surface area contributed by atoms with Gasteiger partial charge in [0.15, 0.2) is 11.5 Å². The lowest BCUT2D eigenvalue weighted by Gasteiger charge is -2.40. The van der Waals surface area contributed by atoms with Crippen LogP contribution in [0.4, 0.5) is 0 Å². The SMILES string of the molecule is COC(=O)c1cc(Cl)c2c(c1C)OC(C)(C1CCC(N3CCC4(CNC(=O)C4)C3)CC1)O2. The van der Waals surface area contributed by atoms with E-state index in [0.717, 1.165) is 51.7 Å². The average molecular weight is 463 g/mol. The number of nitrogens with one attached hydrogen (secondary N) is 1. The van der Waals surface area contributed by atoms with E-state index in [-0.39, 0.29) is 17.2 Å². The fourth-order valence-electron chi connectivity index (χ4n) is 6.12. The van der Waals surface area contributed by atoms with E-state index in [1.54, 1.807) is 6.07 Å². The molecule has 5 rings (SSSR count). The number of esters is 1. The Labute approximate surface area is 193 Å². The van der Waals surface area contributed by atoms with Crippen molar-refractivity contribution in [2.45, 2.75) is 64.2 Å². The first-order chi connectivity index (χ1) is 15.2. The van der Waals surface area contributed by atoms with Crippen LogP contribution in [0, 0.1) is 18.3 Å². The molecule has 0 radical (unpaired) electrons. The first kappa shape index (κ1) is 21.8. The fraction of sp³-hybridized carbons (Fsp3) is 0.667. The fourth-order valence-corrected chi connectivity index (χ4v) is 6.35. The molecule has 1 aromatic carbocycles. The maximum atomic E-state index is 12.1. The third-order valence-electron chi connectivity index (χ3n) is 8.07. The number of carbonyl (C=O) groups is 2. The monoisotopic (exact) mass is 462 g/mol. The molecule has 2 atom stereocenters. The number of benzene rings is 1. The lowest BCUT2D eigenvalue weighted by molar-refractivity contribution is -0.124. The Morgan fingerprint density at radius 2 is 1.97 bits per heavy atom. The van der Waals surface area contributed by atoms with Gasteiger partial charge < -0.3 is 19.5 Å². The van der Waals surface area contributed by atoms with E-state index in [1.165, 1.54) is 7.11 Å². The van der Waals surface area contributed by atoms with Crippen LogP contribution in [0.5, 0.6) is 11.5 Å². The third-order valence-corrected chi connectivity index (χ3v) is 8.35. The minimum atomic E-state index is -0.801. The van der Waals surface area contributed by atoms with Gasteiger partial charge >= 0.3 is 5.97 Å². The number of methoxy groups -OCH3 is 1. The number of carbonyl (C=O) groups excluding carboxylic acids is 2. The number of nitrogens with zero attached hydrogens (tertiary/aromatic N) is 1. The van der Waals surface area contributed by atoms with E-state index in [2.05, 4.69) is 10.2 Å². The Balaban J connectivity index is 1.25. The molecular formula is C24H31ClN2O5. The van der Waals surface area contributed by atoms with E-state index in [0.29, 0.717) is 40.1 Å². The number of ether oxygens (including phenoxy) is 3. The number of likely N-dealkylation sites (tertiary alicyclic amines) is 1. The van der Waals surface area contributed by atoms with E-state index in [4.69, 9.17) is 25.8 Å². The highest BCUT2D eigenvalue weighted by Crippen LogP contribution is 2.52. The van der Waals surface area contributed by atoms with Crippen molar-refractivity contribution in [1.82, 2.24) is 10.2 Å². The number of rotatable bonds is 3. The molecule has 3 aliphatic heterocycles. The van der Waals surface area contributed by atoms with Crippen molar-refractivity contribution in [2.24, 2.45) is 11.3 Å². The molecule has 2 saturated heterocycles. The van der Waals surface area contributed by atoms with Crippen molar-refractivity contribution >= 4 is 23.5 Å². The molecule has 8 heteroatoms. The molecular weight excluding hydrogens is 432 g/mol. The van der Waals surface area contributed by atoms with Gasteiger partial charge in [0.1, 0.15) is 0 Å². The van der Waals surface area contributed by atoms with Crippen LogP contribution in [-0.2, 0) is 9.53 Å². The molecule has 2 unspecified atom stereocenters. The van der Waals surface area contributed by atoms with E-state index < -0.39 is 11.8 Å². The van der Waals surface area contributed by atoms with Crippen LogP contribution >= 0.6 is 11.6 Å². The lowest BCUT2D eigenvalue weighted by atomic mass is 9.80. The Morgan fingerprint density at radius 3 is 2.62 bits per heavy atom. The molecule has 1 aliphatic carbocycles. The van der Waals surface area contributed by atoms with Crippen molar-refractivity contribution in [3.63, 3.8) is 0 Å². The molecule has 174 valence electrons. The molecule has 32 heavy (non-hydrogen) atoms. The Morgan fingerprint density at radius 1 is 1.25 bits per heavy atom. The van der Waals surface area contributed by atoms with Gasteiger partial charge in [-0.3, -0.25) is 9.69 Å². The third kappa shape index (κ3) is 3.54. The minimum absolute atomic E-state index is 0.144. The number of amides is 1. The van der Waals surface area contributed by atoms with Gasteiger partial charge in [0.25, 0.3) is 5.79 Å². The van der Waals surface area contributed by atoms with Crippen LogP contribution in [0.15, 0.2) is 6.07 Å². The second-order valence-electron chi connectivity index (χ2n) is 10.1. The van der Waals surface area contributed by atoms with Gasteiger partial charge in [-0.25, -0.2) is 4.79 Å². The summed E-state index contributed by atoms with van der Waals surface area (Å²) < 4.78 is 17.5. The number of fused-ring (bicyclic) bond motifs is 1. The van der Waals surface area contributed by atoms with E-state index in [9.17, 15) is 9.59 Å². The summed E-state index contributed by atoms with van der Waals surface area (Å²) in [5, 5.41) is 3.39. The molecule has 3 fully saturated rings. The van der Waals surface area contributed by atoms with Crippen LogP contribution in [-0.4, -0.2) is 55.3 Å². The smallest absolute Gasteiger partial charge is 0.338 e. The summed E-state index contributed by atoms with van der Waals surface area (Å²) in [4.78, 5) is 26.4. The van der Waals surface area contributed by atoms with Gasteiger partial charge in [0, 0.05) is 49.4 Å². The predicted molar refractivity (Wildman–Crippen MR) is 119 cm³/mol. The number of halogens is 1. The molecule has 0 aromatic heterocycles. The zero-order chi connectivity index (χ0) is 22.7. The summed E-state index contributed by atoms with van der Waals surface area (Å²) in [5.74, 6) is 0.248. The zero-order valence-electron chi connectivity index (χ0n) is 19.0. The molecule has 4 aliphatic rings. The molecule has 1 N–H and O–H groups in total. The molecule has 1 aromatic rings. The Hall–Kier alpha value is -1.99. The second kappa shape index (κ2) is 7.80. The molecule has 1 amide bonds. The highest BCUT2D eigenvalue weighted by molar-refractivity contribution is 6.32. The average Bonchev–Trinajstić information content (AvgIpc) is 3.48. The summed E-state index contributed by atoms with van der Waals surface area (Å²) in [6.07, 6.45) is 5.93. The lowest BCUT2D eigenvalue weighted by Crippen LogP contribution is -2.47. The van der Waals surface area contributed by atoms with Crippen molar-refractivity contribution in [3.8, 4) is 11.5 Å². The van der Waals surface area contributed by atoms with Crippen LogP contribution in [0.1, 0.15) is 61.4 Å². The van der Waals surface area contributed by atoms with Gasteiger partial charge in [-0.2, -0.15) is 0 Å². The summed E-state index contributed by atoms with van der Waals surface area (Å²) >= 11 is 6.44. The first-order valence-corrected chi connectivity index (χ1v) is 11.9. The van der Waals surface area contributed by atoms with Crippen molar-refractivity contribution < 1.29 is 23.8 Å². The normalized spacial score (nSPS) is 34.2. The van der Waals surface area contributed by atoms with Crippen molar-refractivity contribution in [3.05, 3.63) is 22.2 Å². The largest absolute Gasteiger partial charge is 0.465 e. The van der Waals surface area contributed by atoms with Gasteiger partial charge in [0.05, 0.1) is 17.7 Å². The second-order valence-corrected chi connectivity index (χ2v) is 10.5. The van der Waals surface area contributed by atoms with Gasteiger partial charge in [-0.1, -0.05) is 11.6 Å². The minimum Gasteiger partial charge on any atom is -0.465 e. The summed E-state index contributed by atoms with van der Waals surface area (Å²) in [6, 6.07) is 2.14. The maximum absolute atomic E-state index is 12.1. The quantitative estimate of drug-likeness (QED) is 0.690. The highest BCUT2D eigenvalue weighted by Gasteiger charge is 2.50. The summed E-state index contributed by atoms with van der Waals surface area (Å²) in [5.41, 5.74) is 1.23. The predicted octanol–water partition coefficient (Wildman–Crippen LogP) is 3.69. The van der Waals surface area contributed by atoms with Gasteiger partial charge in [-0.05, 0) is 51.6 Å². The van der Waals surface area contributed by atoms with Crippen molar-refractivity contribution in [2.75, 3.05) is 26.7 Å². The topological polar surface area (TPSA) is 77.1 Å². The number of hydrogen-bond donors (Lipinski definition) is 1. The van der Waals surface area contributed by atoms with Crippen molar-refractivity contribution in [1.29, 1.82) is 0 Å². The molecule has 0 bridgehead atoms. The maximum Gasteiger partial charge on any atom is 0.338 e. The molecule has 1 spiro atoms. The van der Waals surface area contributed by atoms with Crippen LogP contribution in [0.25, 0.3) is 0 Å². The number of hydrogen-bond acceptors (Lipinski definition) is 6. The first-order valence-electron chi connectivity index (χ1n) is 11.5.